The Kier molecular flexibility index (Phi) is 10.3. The van der Waals surface area contributed by atoms with Crippen LogP contribution in [0.3, 0.4) is 0 Å². The Morgan fingerprint density at radius 1 is 1.08 bits per heavy atom. The fraction of sp³-hybridized carbons (Fsp3) is 0.444. The van der Waals surface area contributed by atoms with E-state index in [-0.39, 0.29) is 12.0 Å². The summed E-state index contributed by atoms with van der Waals surface area (Å²) in [6, 6.07) is 11.8. The zero-order chi connectivity index (χ0) is 28.7. The molecule has 12 heteroatoms. The van der Waals surface area contributed by atoms with Gasteiger partial charge >= 0.3 is 10.3 Å². The second-order valence-electron chi connectivity index (χ2n) is 9.52. The molecule has 214 valence electrons. The van der Waals surface area contributed by atoms with Gasteiger partial charge in [-0.3, -0.25) is 8.98 Å². The zero-order valence-corrected chi connectivity index (χ0v) is 23.2. The van der Waals surface area contributed by atoms with E-state index in [9.17, 15) is 28.5 Å². The first-order valence-electron chi connectivity index (χ1n) is 13.0. The number of anilines is 1. The third-order valence-corrected chi connectivity index (χ3v) is 8.09. The number of carbonyl (C=O) groups excluding carboxylic acids is 1. The van der Waals surface area contributed by atoms with Crippen molar-refractivity contribution < 1.29 is 37.6 Å². The first kappa shape index (κ1) is 30.4. The van der Waals surface area contributed by atoms with Gasteiger partial charge < -0.3 is 30.5 Å². The number of rotatable bonds is 9. The standard InChI is InChI=1S/C21H23N3O7S.C6H15N/c22-15-5-3-6-16-13(15)8-9-24(16)17-10-12(19(26)20(17)27)11-31-32(29,30)23-21(28)14-4-1-2-7-18(14)25;1-4-7(5-2)6-3/h1-9,12,17,19-20,25-27H,10-11,22H2,(H,23,28);4-6H2,1-3H3/t12-,17-,19-,20+;/m1./s1. The van der Waals surface area contributed by atoms with E-state index in [1.54, 1.807) is 38.6 Å². The average Bonchev–Trinajstić information content (AvgIpc) is 3.46. The number of nitrogen functional groups attached to an aromatic ring is 1. The van der Waals surface area contributed by atoms with E-state index in [1.165, 1.54) is 37.8 Å². The highest BCUT2D eigenvalue weighted by atomic mass is 32.2. The third kappa shape index (κ3) is 7.28. The van der Waals surface area contributed by atoms with E-state index in [1.807, 2.05) is 6.07 Å². The lowest BCUT2D eigenvalue weighted by molar-refractivity contribution is -0.894. The van der Waals surface area contributed by atoms with E-state index in [0.29, 0.717) is 5.69 Å². The molecule has 1 aliphatic rings. The largest absolute Gasteiger partial charge is 0.872 e. The van der Waals surface area contributed by atoms with Crippen molar-refractivity contribution in [1.29, 1.82) is 0 Å². The van der Waals surface area contributed by atoms with Crippen LogP contribution in [0.2, 0.25) is 0 Å². The summed E-state index contributed by atoms with van der Waals surface area (Å²) in [4.78, 5) is 13.8. The number of fused-ring (bicyclic) bond motifs is 1. The molecule has 1 saturated carbocycles. The van der Waals surface area contributed by atoms with Gasteiger partial charge in [0.25, 0.3) is 5.91 Å². The monoisotopic (exact) mass is 562 g/mol. The summed E-state index contributed by atoms with van der Waals surface area (Å²) in [5.74, 6) is -2.46. The summed E-state index contributed by atoms with van der Waals surface area (Å²) in [7, 11) is -4.54. The highest BCUT2D eigenvalue weighted by Gasteiger charge is 2.43. The minimum atomic E-state index is -4.54. The third-order valence-electron chi connectivity index (χ3n) is 7.21. The van der Waals surface area contributed by atoms with Gasteiger partial charge in [0.15, 0.2) is 0 Å². The van der Waals surface area contributed by atoms with Crippen LogP contribution in [0.1, 0.15) is 43.6 Å². The molecule has 4 rings (SSSR count). The molecule has 4 atom stereocenters. The highest BCUT2D eigenvalue weighted by Crippen LogP contribution is 2.38. The molecule has 6 N–H and O–H groups in total. The van der Waals surface area contributed by atoms with Gasteiger partial charge in [-0.15, -0.1) is 0 Å². The second-order valence-corrected chi connectivity index (χ2v) is 10.9. The molecule has 3 aromatic rings. The maximum Gasteiger partial charge on any atom is 0.362 e. The molecule has 0 saturated heterocycles. The lowest BCUT2D eigenvalue weighted by atomic mass is 10.1. The molecule has 11 nitrogen and oxygen atoms in total. The number of hydrogen-bond acceptors (Lipinski definition) is 8. The van der Waals surface area contributed by atoms with Gasteiger partial charge in [-0.05, 0) is 45.4 Å². The highest BCUT2D eigenvalue weighted by molar-refractivity contribution is 7.85. The summed E-state index contributed by atoms with van der Waals surface area (Å²) in [6.45, 7) is 10.0. The average molecular weight is 563 g/mol. The molecule has 0 spiro atoms. The molecule has 2 aromatic carbocycles. The van der Waals surface area contributed by atoms with Gasteiger partial charge in [0.2, 0.25) is 0 Å². The van der Waals surface area contributed by atoms with E-state index in [0.717, 1.165) is 17.0 Å². The Bertz CT molecular complexity index is 1350. The number of para-hydroxylation sites is 1. The second kappa shape index (κ2) is 13.3. The molecule has 1 aliphatic carbocycles. The lowest BCUT2D eigenvalue weighted by Gasteiger charge is -2.19. The van der Waals surface area contributed by atoms with Gasteiger partial charge in [0.05, 0.1) is 43.9 Å². The molecule has 1 heterocycles. The molecule has 0 radical (unpaired) electrons. The molecule has 0 bridgehead atoms. The summed E-state index contributed by atoms with van der Waals surface area (Å²) < 4.78 is 32.7. The maximum atomic E-state index is 12.2. The van der Waals surface area contributed by atoms with Gasteiger partial charge in [-0.1, -0.05) is 36.1 Å². The van der Waals surface area contributed by atoms with E-state index in [4.69, 9.17) is 9.92 Å². The fourth-order valence-corrected chi connectivity index (χ4v) is 5.57. The minimum absolute atomic E-state index is 0.230. The Hall–Kier alpha value is -3.16. The number of aliphatic hydroxyl groups is 2. The molecular weight excluding hydrogens is 524 g/mol. The normalized spacial score (nSPS) is 21.1. The molecule has 0 unspecified atom stereocenters. The summed E-state index contributed by atoms with van der Waals surface area (Å²) in [5, 5.41) is 33.5. The summed E-state index contributed by atoms with van der Waals surface area (Å²) in [5.41, 5.74) is 7.00. The van der Waals surface area contributed by atoms with Gasteiger partial charge in [-0.25, -0.2) is 4.72 Å². The number of quaternary nitrogens is 1. The van der Waals surface area contributed by atoms with Crippen LogP contribution in [0.4, 0.5) is 5.69 Å². The Morgan fingerprint density at radius 2 is 1.74 bits per heavy atom. The first-order valence-corrected chi connectivity index (χ1v) is 14.5. The molecule has 0 aliphatic heterocycles. The number of carbonyl (C=O) groups is 1. The van der Waals surface area contributed by atoms with Crippen LogP contribution in [0.25, 0.3) is 10.9 Å². The molecular formula is C27H38N4O7S. The van der Waals surface area contributed by atoms with Crippen LogP contribution in [-0.2, 0) is 14.5 Å². The Morgan fingerprint density at radius 3 is 2.36 bits per heavy atom. The molecule has 1 amide bonds. The number of hydrogen-bond donors (Lipinski definition) is 5. The first-order chi connectivity index (χ1) is 18.5. The van der Waals surface area contributed by atoms with Crippen LogP contribution in [0.5, 0.6) is 5.75 Å². The van der Waals surface area contributed by atoms with E-state index >= 15 is 0 Å². The zero-order valence-electron chi connectivity index (χ0n) is 22.4. The van der Waals surface area contributed by atoms with Gasteiger partial charge in [0, 0.05) is 28.8 Å². The number of aromatic nitrogens is 1. The van der Waals surface area contributed by atoms with Crippen molar-refractivity contribution in [3.8, 4) is 5.75 Å². The van der Waals surface area contributed by atoms with Crippen molar-refractivity contribution in [2.75, 3.05) is 32.0 Å². The minimum Gasteiger partial charge on any atom is -0.872 e. The topological polar surface area (TPSA) is 171 Å². The van der Waals surface area contributed by atoms with Crippen LogP contribution >= 0.6 is 0 Å². The number of nitrogens with one attached hydrogen (secondary N) is 2. The van der Waals surface area contributed by atoms with E-state index in [2.05, 4.69) is 20.8 Å². The van der Waals surface area contributed by atoms with Crippen LogP contribution in [0, 0.1) is 5.92 Å². The predicted octanol–water partition coefficient (Wildman–Crippen LogP) is 0.202. The molecule has 1 fully saturated rings. The van der Waals surface area contributed by atoms with Crippen LogP contribution in [-0.4, -0.2) is 67.6 Å². The summed E-state index contributed by atoms with van der Waals surface area (Å²) in [6.07, 6.45) is -0.423. The van der Waals surface area contributed by atoms with Crippen molar-refractivity contribution in [3.63, 3.8) is 0 Å². The quantitative estimate of drug-likeness (QED) is 0.230. The number of benzene rings is 2. The van der Waals surface area contributed by atoms with Gasteiger partial charge in [-0.2, -0.15) is 8.42 Å². The van der Waals surface area contributed by atoms with Crippen molar-refractivity contribution in [2.24, 2.45) is 5.92 Å². The van der Waals surface area contributed by atoms with Crippen molar-refractivity contribution >= 4 is 32.8 Å². The number of nitrogens with zero attached hydrogens (tertiary/aromatic N) is 1. The van der Waals surface area contributed by atoms with Crippen molar-refractivity contribution in [3.05, 3.63) is 60.3 Å². The fourth-order valence-electron chi connectivity index (χ4n) is 4.82. The maximum absolute atomic E-state index is 12.2. The smallest absolute Gasteiger partial charge is 0.362 e. The molecule has 1 aromatic heterocycles. The Labute approximate surface area is 229 Å². The number of amides is 1. The van der Waals surface area contributed by atoms with Crippen molar-refractivity contribution in [1.82, 2.24) is 9.29 Å². The van der Waals surface area contributed by atoms with E-state index < -0.39 is 52.7 Å². The molecule has 39 heavy (non-hydrogen) atoms. The lowest BCUT2D eigenvalue weighted by Crippen LogP contribution is -3.11. The SMILES string of the molecule is CC[NH+](CC)CC.Nc1cccc2c1ccn2[C@@H]1C[C@H](COS(=O)(=O)NC(=O)c2ccccc2[O-])[C@@H](O)[C@H]1O. The van der Waals surface area contributed by atoms with Crippen LogP contribution in [0.15, 0.2) is 54.7 Å². The van der Waals surface area contributed by atoms with Gasteiger partial charge in [0.1, 0.15) is 6.10 Å². The predicted molar refractivity (Wildman–Crippen MR) is 146 cm³/mol. The Balaban J connectivity index is 0.000000532. The van der Waals surface area contributed by atoms with Crippen LogP contribution < -0.4 is 20.5 Å². The number of nitrogens with two attached hydrogens (primary N) is 1. The summed E-state index contributed by atoms with van der Waals surface area (Å²) >= 11 is 0. The van der Waals surface area contributed by atoms with Crippen molar-refractivity contribution in [2.45, 2.75) is 45.4 Å². The number of aliphatic hydroxyl groups excluding tert-OH is 2.